The average molecular weight is 1150 g/mol. The Kier molecular flexibility index (Phi) is 12.5. The van der Waals surface area contributed by atoms with Crippen molar-refractivity contribution in [3.8, 4) is 33.4 Å². The summed E-state index contributed by atoms with van der Waals surface area (Å²) in [5.74, 6) is 0. The molecule has 1 aliphatic rings. The summed E-state index contributed by atoms with van der Waals surface area (Å²) >= 11 is 3.42. The van der Waals surface area contributed by atoms with Gasteiger partial charge in [-0.3, -0.25) is 8.80 Å². The summed E-state index contributed by atoms with van der Waals surface area (Å²) < 4.78 is 18.8. The summed E-state index contributed by atoms with van der Waals surface area (Å²) in [5, 5.41) is 12.0. The summed E-state index contributed by atoms with van der Waals surface area (Å²) in [5.41, 5.74) is 16.3. The fraction of sp³-hybridized carbons (Fsp3) is 0.0789. The zero-order valence-electron chi connectivity index (χ0n) is 47.0. The monoisotopic (exact) mass is 1150 g/mol. The summed E-state index contributed by atoms with van der Waals surface area (Å²) in [4.78, 5) is 10.3. The van der Waals surface area contributed by atoms with E-state index in [2.05, 4.69) is 307 Å². The molecule has 0 saturated carbocycles. The van der Waals surface area contributed by atoms with Gasteiger partial charge in [-0.2, -0.15) is 0 Å². The van der Waals surface area contributed by atoms with E-state index in [4.69, 9.17) is 19.3 Å². The number of imidazole rings is 2. The van der Waals surface area contributed by atoms with Crippen LogP contribution in [0.4, 0.5) is 0 Å². The highest BCUT2D eigenvalue weighted by molar-refractivity contribution is 9.10. The largest absolute Gasteiger partial charge is 0.495 e. The Morgan fingerprint density at radius 3 is 1.19 bits per heavy atom. The second-order valence-corrected chi connectivity index (χ2v) is 23.7. The van der Waals surface area contributed by atoms with Crippen molar-refractivity contribution in [2.45, 2.75) is 38.9 Å². The number of halogens is 1. The van der Waals surface area contributed by atoms with E-state index < -0.39 is 18.3 Å². The van der Waals surface area contributed by atoms with Gasteiger partial charge in [0.1, 0.15) is 11.3 Å². The second-order valence-electron chi connectivity index (χ2n) is 22.8. The lowest BCUT2D eigenvalue weighted by Crippen LogP contribution is -2.41. The fourth-order valence-corrected chi connectivity index (χ4v) is 12.8. The summed E-state index contributed by atoms with van der Waals surface area (Å²) in [6, 6.07) is 94.2. The van der Waals surface area contributed by atoms with Crippen LogP contribution in [0.15, 0.2) is 271 Å². The average Bonchev–Trinajstić information content (AvgIpc) is 1.91. The number of hydrogen-bond donors (Lipinski definition) is 0. The molecule has 1 saturated heterocycles. The molecule has 16 aromatic rings. The normalized spacial score (nSPS) is 13.8. The van der Waals surface area contributed by atoms with Crippen LogP contribution in [0.2, 0.25) is 0 Å². The molecule has 0 aliphatic carbocycles. The first-order valence-electron chi connectivity index (χ1n) is 28.7. The zero-order chi connectivity index (χ0) is 56.7. The molecular formula is C76H56BBrN4O2. The Labute approximate surface area is 495 Å². The molecule has 4 aromatic heterocycles. The third-order valence-electron chi connectivity index (χ3n) is 17.3. The molecule has 1 aliphatic heterocycles. The van der Waals surface area contributed by atoms with Gasteiger partial charge in [0.2, 0.25) is 0 Å². The van der Waals surface area contributed by atoms with Crippen molar-refractivity contribution in [1.82, 2.24) is 18.8 Å². The van der Waals surface area contributed by atoms with Gasteiger partial charge < -0.3 is 9.31 Å². The van der Waals surface area contributed by atoms with Crippen molar-refractivity contribution < 1.29 is 9.31 Å². The summed E-state index contributed by atoms with van der Waals surface area (Å²) in [7, 11) is -0.437. The van der Waals surface area contributed by atoms with Crippen molar-refractivity contribution in [3.05, 3.63) is 271 Å². The van der Waals surface area contributed by atoms with Crippen molar-refractivity contribution in [1.29, 1.82) is 0 Å². The van der Waals surface area contributed by atoms with Crippen molar-refractivity contribution in [2.24, 2.45) is 0 Å². The van der Waals surface area contributed by atoms with E-state index >= 15 is 0 Å². The lowest BCUT2D eigenvalue weighted by atomic mass is 9.74. The second kappa shape index (κ2) is 20.5. The molecule has 5 heterocycles. The molecular weight excluding hydrogens is 1090 g/mol. The van der Waals surface area contributed by atoms with E-state index in [9.17, 15) is 0 Å². The molecule has 84 heavy (non-hydrogen) atoms. The van der Waals surface area contributed by atoms with E-state index in [1.165, 1.54) is 76.6 Å². The highest BCUT2D eigenvalue weighted by atomic mass is 79.9. The van der Waals surface area contributed by atoms with Crippen LogP contribution in [0, 0.1) is 0 Å². The van der Waals surface area contributed by atoms with E-state index in [-0.39, 0.29) is 0 Å². The van der Waals surface area contributed by atoms with Crippen LogP contribution in [-0.4, -0.2) is 37.1 Å². The van der Waals surface area contributed by atoms with E-state index in [0.29, 0.717) is 0 Å². The predicted molar refractivity (Wildman–Crippen MR) is 357 cm³/mol. The lowest BCUT2D eigenvalue weighted by molar-refractivity contribution is 0.00578. The smallest absolute Gasteiger partial charge is 0.399 e. The standard InChI is InChI=1S/C35H22N2.C29H25BN2O2.C12H9Br/c1-2-10-23(11-3-1)24-18-20-25(21-19-24)29-22-30-27-13-6-8-16-32(27)37-33-17-9-7-15-31(33)36-35(37)34(30)28-14-5-4-12-26(28)29;1-28(2)29(3,4)34-30(33-28)22-17-21-19-12-7-9-15-24(19)32-25-16-10-8-14-23(25)31-27(32)26(21)20-13-6-5-11-18(20)22;13-12-8-6-11(7-9-12)10-4-2-1-3-5-10/h1-22H;5-17H,1-4H3;1-9H. The number of benzene rings is 12. The van der Waals surface area contributed by atoms with Gasteiger partial charge in [-0.15, -0.1) is 0 Å². The number of pyridine rings is 2. The number of hydrogen-bond acceptors (Lipinski definition) is 4. The third kappa shape index (κ3) is 8.63. The maximum Gasteiger partial charge on any atom is 0.495 e. The van der Waals surface area contributed by atoms with Crippen LogP contribution in [-0.2, 0) is 9.31 Å². The van der Waals surface area contributed by atoms with Gasteiger partial charge >= 0.3 is 7.12 Å². The maximum atomic E-state index is 6.51. The molecule has 1 fully saturated rings. The zero-order valence-corrected chi connectivity index (χ0v) is 48.6. The number of fused-ring (bicyclic) bond motifs is 20. The Hall–Kier alpha value is -9.44. The van der Waals surface area contributed by atoms with Gasteiger partial charge in [0.15, 0.2) is 0 Å². The Balaban J connectivity index is 0.000000118. The SMILES string of the molecule is Brc1ccc(-c2ccccc2)cc1.CC1(C)OB(c2cc3c4ccccc4n4c5ccccc5nc4c3c3ccccc23)OC1(C)C.c1ccc(-c2ccc(-c3cc4c5ccccc5n5c6ccccc6nc5c4c4ccccc34)cc2)cc1. The van der Waals surface area contributed by atoms with Gasteiger partial charge in [-0.1, -0.05) is 228 Å². The number of rotatable bonds is 4. The Morgan fingerprint density at radius 1 is 0.333 bits per heavy atom. The van der Waals surface area contributed by atoms with E-state index in [0.717, 1.165) is 65.0 Å². The molecule has 0 spiro atoms. The molecule has 12 aromatic carbocycles. The number of nitrogens with zero attached hydrogens (tertiary/aromatic N) is 4. The maximum absolute atomic E-state index is 6.51. The molecule has 0 amide bonds. The van der Waals surface area contributed by atoms with Crippen LogP contribution in [0.1, 0.15) is 27.7 Å². The summed E-state index contributed by atoms with van der Waals surface area (Å²) in [6.45, 7) is 8.41. The van der Waals surface area contributed by atoms with Gasteiger partial charge in [0, 0.05) is 26.0 Å². The first kappa shape index (κ1) is 51.4. The fourth-order valence-electron chi connectivity index (χ4n) is 12.5. The Morgan fingerprint density at radius 2 is 0.690 bits per heavy atom. The van der Waals surface area contributed by atoms with Crippen LogP contribution in [0.5, 0.6) is 0 Å². The van der Waals surface area contributed by atoms with Crippen molar-refractivity contribution in [3.63, 3.8) is 0 Å². The van der Waals surface area contributed by atoms with E-state index in [1.807, 2.05) is 12.1 Å². The molecule has 8 heteroatoms. The van der Waals surface area contributed by atoms with Crippen LogP contribution in [0.25, 0.3) is 132 Å². The molecule has 0 unspecified atom stereocenters. The van der Waals surface area contributed by atoms with Gasteiger partial charge in [0.05, 0.1) is 44.3 Å². The third-order valence-corrected chi connectivity index (χ3v) is 17.9. The van der Waals surface area contributed by atoms with Crippen LogP contribution in [0.3, 0.4) is 0 Å². The quantitative estimate of drug-likeness (QED) is 0.130. The first-order chi connectivity index (χ1) is 41.1. The first-order valence-corrected chi connectivity index (χ1v) is 29.5. The molecule has 0 radical (unpaired) electrons. The highest BCUT2D eigenvalue weighted by Gasteiger charge is 2.52. The molecule has 0 N–H and O–H groups in total. The minimum atomic E-state index is -0.437. The van der Waals surface area contributed by atoms with Gasteiger partial charge in [-0.05, 0) is 153 Å². The minimum absolute atomic E-state index is 0.402. The molecule has 6 nitrogen and oxygen atoms in total. The van der Waals surface area contributed by atoms with E-state index in [1.54, 1.807) is 0 Å². The summed E-state index contributed by atoms with van der Waals surface area (Å²) in [6.07, 6.45) is 0. The highest BCUT2D eigenvalue weighted by Crippen LogP contribution is 2.43. The molecule has 17 rings (SSSR count). The van der Waals surface area contributed by atoms with Crippen molar-refractivity contribution >= 4 is 127 Å². The molecule has 0 bridgehead atoms. The predicted octanol–water partition coefficient (Wildman–Crippen LogP) is 19.6. The van der Waals surface area contributed by atoms with Gasteiger partial charge in [0.25, 0.3) is 0 Å². The Bertz CT molecular complexity index is 5200. The number of aromatic nitrogens is 4. The topological polar surface area (TPSA) is 53.1 Å². The minimum Gasteiger partial charge on any atom is -0.399 e. The number of para-hydroxylation sites is 6. The van der Waals surface area contributed by atoms with Crippen LogP contribution >= 0.6 is 15.9 Å². The van der Waals surface area contributed by atoms with Gasteiger partial charge in [-0.25, -0.2) is 9.97 Å². The lowest BCUT2D eigenvalue weighted by Gasteiger charge is -2.32. The van der Waals surface area contributed by atoms with Crippen molar-refractivity contribution in [2.75, 3.05) is 0 Å². The molecule has 402 valence electrons. The van der Waals surface area contributed by atoms with Crippen LogP contribution < -0.4 is 5.46 Å². The molecule has 0 atom stereocenters.